The van der Waals surface area contributed by atoms with Crippen LogP contribution >= 0.6 is 0 Å². The van der Waals surface area contributed by atoms with E-state index in [1.165, 1.54) is 17.5 Å². The van der Waals surface area contributed by atoms with Crippen molar-refractivity contribution in [3.63, 3.8) is 0 Å². The molecule has 0 bridgehead atoms. The van der Waals surface area contributed by atoms with Crippen molar-refractivity contribution >= 4 is 32.5 Å². The van der Waals surface area contributed by atoms with Crippen molar-refractivity contribution in [2.45, 2.75) is 30.6 Å². The molecule has 1 saturated heterocycles. The number of hydrogen-bond acceptors (Lipinski definition) is 3. The van der Waals surface area contributed by atoms with Crippen LogP contribution in [0.2, 0.25) is 0 Å². The van der Waals surface area contributed by atoms with E-state index in [2.05, 4.69) is 27.9 Å². The summed E-state index contributed by atoms with van der Waals surface area (Å²) in [5, 5.41) is 1.18. The molecular formula is C27H27N3O3S. The van der Waals surface area contributed by atoms with Crippen LogP contribution in [0.4, 0.5) is 5.69 Å². The number of aryl methyl sites for hydroxylation is 1. The molecule has 0 spiro atoms. The van der Waals surface area contributed by atoms with E-state index in [0.717, 1.165) is 29.6 Å². The second-order valence-electron chi connectivity index (χ2n) is 8.85. The molecule has 1 aliphatic rings. The van der Waals surface area contributed by atoms with E-state index in [1.54, 1.807) is 24.3 Å². The number of aromatic nitrogens is 1. The van der Waals surface area contributed by atoms with Crippen LogP contribution in [0.3, 0.4) is 0 Å². The molecule has 4 aromatic rings. The van der Waals surface area contributed by atoms with Crippen molar-refractivity contribution in [2.24, 2.45) is 0 Å². The number of H-pyrrole nitrogens is 1. The highest BCUT2D eigenvalue weighted by molar-refractivity contribution is 7.92. The molecule has 7 heteroatoms. The number of nitrogens with one attached hydrogen (secondary N) is 2. The van der Waals surface area contributed by atoms with E-state index < -0.39 is 10.0 Å². The van der Waals surface area contributed by atoms with Gasteiger partial charge in [-0.05, 0) is 73.2 Å². The minimum atomic E-state index is -3.74. The van der Waals surface area contributed by atoms with Crippen LogP contribution in [0.5, 0.6) is 0 Å². The molecule has 1 amide bonds. The van der Waals surface area contributed by atoms with Crippen molar-refractivity contribution in [3.05, 3.63) is 95.7 Å². The lowest BCUT2D eigenvalue weighted by molar-refractivity contribution is 0.0706. The van der Waals surface area contributed by atoms with Gasteiger partial charge in [0.05, 0.1) is 10.6 Å². The molecule has 1 aromatic heterocycles. The first-order valence-corrected chi connectivity index (χ1v) is 12.9. The summed E-state index contributed by atoms with van der Waals surface area (Å²) in [6.07, 6.45) is 1.96. The Bertz CT molecular complexity index is 1410. The van der Waals surface area contributed by atoms with Crippen LogP contribution in [0.15, 0.2) is 83.8 Å². The van der Waals surface area contributed by atoms with E-state index in [1.807, 2.05) is 36.1 Å². The largest absolute Gasteiger partial charge is 0.358 e. The summed E-state index contributed by atoms with van der Waals surface area (Å²) in [7, 11) is -3.74. The van der Waals surface area contributed by atoms with Crippen LogP contribution in [-0.2, 0) is 10.0 Å². The van der Waals surface area contributed by atoms with Gasteiger partial charge in [-0.2, -0.15) is 0 Å². The molecule has 1 fully saturated rings. The fourth-order valence-electron chi connectivity index (χ4n) is 4.58. The first-order valence-electron chi connectivity index (χ1n) is 11.5. The van der Waals surface area contributed by atoms with Gasteiger partial charge in [-0.15, -0.1) is 0 Å². The summed E-state index contributed by atoms with van der Waals surface area (Å²) < 4.78 is 28.2. The molecule has 0 saturated carbocycles. The highest BCUT2D eigenvalue weighted by Gasteiger charge is 2.27. The van der Waals surface area contributed by atoms with Crippen LogP contribution in [0.25, 0.3) is 10.9 Å². The predicted molar refractivity (Wildman–Crippen MR) is 135 cm³/mol. The summed E-state index contributed by atoms with van der Waals surface area (Å²) >= 11 is 0. The van der Waals surface area contributed by atoms with Crippen LogP contribution in [0, 0.1) is 6.92 Å². The number of anilines is 1. The summed E-state index contributed by atoms with van der Waals surface area (Å²) in [4.78, 5) is 18.7. The van der Waals surface area contributed by atoms with Gasteiger partial charge in [0.2, 0.25) is 0 Å². The maximum Gasteiger partial charge on any atom is 0.261 e. The van der Waals surface area contributed by atoms with Crippen molar-refractivity contribution in [1.82, 2.24) is 9.88 Å². The number of para-hydroxylation sites is 2. The molecule has 2 heterocycles. The first kappa shape index (κ1) is 22.2. The molecule has 34 heavy (non-hydrogen) atoms. The van der Waals surface area contributed by atoms with Gasteiger partial charge in [-0.3, -0.25) is 9.52 Å². The average Bonchev–Trinajstić information content (AvgIpc) is 3.30. The smallest absolute Gasteiger partial charge is 0.261 e. The topological polar surface area (TPSA) is 82.3 Å². The maximum absolute atomic E-state index is 13.2. The number of sulfonamides is 1. The van der Waals surface area contributed by atoms with E-state index in [9.17, 15) is 13.2 Å². The van der Waals surface area contributed by atoms with Gasteiger partial charge >= 0.3 is 0 Å². The Morgan fingerprint density at radius 3 is 2.50 bits per heavy atom. The Morgan fingerprint density at radius 1 is 1.00 bits per heavy atom. The molecule has 0 radical (unpaired) electrons. The Balaban J connectivity index is 1.30. The van der Waals surface area contributed by atoms with Crippen LogP contribution in [-0.4, -0.2) is 37.3 Å². The molecule has 1 atom stereocenters. The standard InChI is InChI=1S/C27H27N3O3S/c1-19-7-2-4-10-24(19)29-34(32,33)23-14-12-20(13-15-23)27(31)30-16-6-9-22(18-30)26-17-21-8-3-5-11-25(21)28-26/h2-5,7-8,10-15,17,22,28-29H,6,9,16,18H2,1H3/t22-/m1/s1. The van der Waals surface area contributed by atoms with Gasteiger partial charge in [0.15, 0.2) is 0 Å². The third-order valence-electron chi connectivity index (χ3n) is 6.50. The second-order valence-corrected chi connectivity index (χ2v) is 10.5. The number of likely N-dealkylation sites (tertiary alicyclic amines) is 1. The number of nitrogens with zero attached hydrogens (tertiary/aromatic N) is 1. The highest BCUT2D eigenvalue weighted by Crippen LogP contribution is 2.30. The minimum absolute atomic E-state index is 0.0726. The third-order valence-corrected chi connectivity index (χ3v) is 7.88. The summed E-state index contributed by atoms with van der Waals surface area (Å²) in [5.41, 5.74) is 4.14. The second kappa shape index (κ2) is 8.99. The van der Waals surface area contributed by atoms with Crippen molar-refractivity contribution in [1.29, 1.82) is 0 Å². The number of rotatable bonds is 5. The average molecular weight is 474 g/mol. The van der Waals surface area contributed by atoms with E-state index in [4.69, 9.17) is 0 Å². The summed E-state index contributed by atoms with van der Waals surface area (Å²) in [5.74, 6) is 0.180. The fourth-order valence-corrected chi connectivity index (χ4v) is 5.71. The lowest BCUT2D eigenvalue weighted by Gasteiger charge is -2.32. The lowest BCUT2D eigenvalue weighted by atomic mass is 9.94. The zero-order chi connectivity index (χ0) is 23.7. The van der Waals surface area contributed by atoms with Crippen molar-refractivity contribution < 1.29 is 13.2 Å². The van der Waals surface area contributed by atoms with Crippen molar-refractivity contribution in [3.8, 4) is 0 Å². The number of aromatic amines is 1. The molecule has 2 N–H and O–H groups in total. The zero-order valence-corrected chi connectivity index (χ0v) is 19.8. The Morgan fingerprint density at radius 2 is 1.74 bits per heavy atom. The molecule has 3 aromatic carbocycles. The predicted octanol–water partition coefficient (Wildman–Crippen LogP) is 5.30. The molecular weight excluding hydrogens is 446 g/mol. The minimum Gasteiger partial charge on any atom is -0.358 e. The number of amides is 1. The van der Waals surface area contributed by atoms with Gasteiger partial charge in [0.25, 0.3) is 15.9 Å². The maximum atomic E-state index is 13.2. The number of carbonyl (C=O) groups is 1. The van der Waals surface area contributed by atoms with Crippen LogP contribution < -0.4 is 4.72 Å². The number of benzene rings is 3. The third kappa shape index (κ3) is 4.43. The normalized spacial score (nSPS) is 16.5. The zero-order valence-electron chi connectivity index (χ0n) is 19.0. The number of piperidine rings is 1. The van der Waals surface area contributed by atoms with Crippen molar-refractivity contribution in [2.75, 3.05) is 17.8 Å². The molecule has 1 aliphatic heterocycles. The van der Waals surface area contributed by atoms with E-state index >= 15 is 0 Å². The SMILES string of the molecule is Cc1ccccc1NS(=O)(=O)c1ccc(C(=O)N2CCC[C@@H](c3cc4ccccc4[nH]3)C2)cc1. The monoisotopic (exact) mass is 473 g/mol. The summed E-state index contributed by atoms with van der Waals surface area (Å²) in [6.45, 7) is 3.19. The highest BCUT2D eigenvalue weighted by atomic mass is 32.2. The van der Waals surface area contributed by atoms with Gasteiger partial charge in [-0.25, -0.2) is 8.42 Å². The summed E-state index contributed by atoms with van der Waals surface area (Å²) in [6, 6.07) is 23.8. The Labute approximate surface area is 199 Å². The first-order chi connectivity index (χ1) is 16.4. The van der Waals surface area contributed by atoms with Gasteiger partial charge in [0.1, 0.15) is 0 Å². The molecule has 5 rings (SSSR count). The quantitative estimate of drug-likeness (QED) is 0.413. The Hall–Kier alpha value is -3.58. The van der Waals surface area contributed by atoms with E-state index in [-0.39, 0.29) is 16.7 Å². The Kier molecular flexibility index (Phi) is 5.87. The number of carbonyl (C=O) groups excluding carboxylic acids is 1. The molecule has 174 valence electrons. The molecule has 0 unspecified atom stereocenters. The molecule has 0 aliphatic carbocycles. The van der Waals surface area contributed by atoms with Crippen LogP contribution in [0.1, 0.15) is 40.4 Å². The lowest BCUT2D eigenvalue weighted by Crippen LogP contribution is -2.39. The van der Waals surface area contributed by atoms with E-state index in [0.29, 0.717) is 24.3 Å². The molecule has 6 nitrogen and oxygen atoms in total. The van der Waals surface area contributed by atoms with Gasteiger partial charge in [0, 0.05) is 35.8 Å². The number of hydrogen-bond donors (Lipinski definition) is 2. The number of fused-ring (bicyclic) bond motifs is 1. The fraction of sp³-hybridized carbons (Fsp3) is 0.222. The van der Waals surface area contributed by atoms with Gasteiger partial charge in [-0.1, -0.05) is 36.4 Å². The van der Waals surface area contributed by atoms with Gasteiger partial charge < -0.3 is 9.88 Å².